The molecule has 3 aromatic rings. The zero-order chi connectivity index (χ0) is 18.8. The number of benzene rings is 2. The van der Waals surface area contributed by atoms with E-state index in [1.807, 2.05) is 0 Å². The quantitative estimate of drug-likeness (QED) is 0.764. The van der Waals surface area contributed by atoms with E-state index in [1.54, 1.807) is 51.4 Å². The van der Waals surface area contributed by atoms with Crippen molar-refractivity contribution in [3.8, 4) is 5.75 Å². The molecule has 0 bridgehead atoms. The van der Waals surface area contributed by atoms with Crippen molar-refractivity contribution in [2.45, 2.75) is 19.4 Å². The predicted molar refractivity (Wildman–Crippen MR) is 97.9 cm³/mol. The van der Waals surface area contributed by atoms with E-state index in [-0.39, 0.29) is 17.3 Å². The minimum Gasteiger partial charge on any atom is -0.478 e. The van der Waals surface area contributed by atoms with E-state index < -0.39 is 11.9 Å². The summed E-state index contributed by atoms with van der Waals surface area (Å²) in [5.74, 6) is -0.856. The van der Waals surface area contributed by atoms with Crippen LogP contribution in [0.15, 0.2) is 47.3 Å². The van der Waals surface area contributed by atoms with Crippen molar-refractivity contribution in [3.63, 3.8) is 0 Å². The maximum absolute atomic E-state index is 13.7. The van der Waals surface area contributed by atoms with Crippen molar-refractivity contribution in [1.29, 1.82) is 0 Å². The van der Waals surface area contributed by atoms with Gasteiger partial charge < -0.3 is 10.1 Å². The fraction of sp³-hybridized carbons (Fsp3) is 0.263. The number of carbonyl (C=O) groups excluding carboxylic acids is 1. The Morgan fingerprint density at radius 2 is 1.85 bits per heavy atom. The minimum atomic E-state index is -0.831. The molecule has 136 valence electrons. The van der Waals surface area contributed by atoms with Crippen molar-refractivity contribution in [3.05, 3.63) is 58.8 Å². The number of nitrogens with one attached hydrogen (secondary N) is 1. The van der Waals surface area contributed by atoms with Gasteiger partial charge in [-0.15, -0.1) is 0 Å². The number of anilines is 1. The van der Waals surface area contributed by atoms with Crippen LogP contribution in [0.25, 0.3) is 11.0 Å². The summed E-state index contributed by atoms with van der Waals surface area (Å²) < 4.78 is 22.3. The highest BCUT2D eigenvalue weighted by molar-refractivity contribution is 5.96. The Kier molecular flexibility index (Phi) is 4.79. The number of nitrogens with zero attached hydrogens (tertiary/aromatic N) is 2. The standard InChI is InChI=1S/C19H20FN3O3/c1-4-16(26-17-8-6-5-7-13(17)20)18(24)21-12-9-10-14-15(11-12)23(3)19(25)22(14)2/h5-11,16H,4H2,1-3H3,(H,21,24). The van der Waals surface area contributed by atoms with Crippen molar-refractivity contribution in [2.24, 2.45) is 14.1 Å². The fourth-order valence-electron chi connectivity index (χ4n) is 2.82. The molecule has 0 aliphatic carbocycles. The Morgan fingerprint density at radius 3 is 2.54 bits per heavy atom. The molecular weight excluding hydrogens is 337 g/mol. The second kappa shape index (κ2) is 7.03. The van der Waals surface area contributed by atoms with Crippen LogP contribution in [-0.2, 0) is 18.9 Å². The number of aryl methyl sites for hydroxylation is 2. The summed E-state index contributed by atoms with van der Waals surface area (Å²) in [7, 11) is 3.37. The Bertz CT molecular complexity index is 1020. The molecule has 0 saturated heterocycles. The largest absolute Gasteiger partial charge is 0.478 e. The average Bonchev–Trinajstić information content (AvgIpc) is 2.85. The lowest BCUT2D eigenvalue weighted by molar-refractivity contribution is -0.122. The van der Waals surface area contributed by atoms with Gasteiger partial charge in [0.05, 0.1) is 11.0 Å². The van der Waals surface area contributed by atoms with E-state index >= 15 is 0 Å². The van der Waals surface area contributed by atoms with E-state index in [4.69, 9.17) is 4.74 Å². The molecule has 26 heavy (non-hydrogen) atoms. The monoisotopic (exact) mass is 357 g/mol. The molecule has 3 rings (SSSR count). The molecule has 0 saturated carbocycles. The van der Waals surface area contributed by atoms with E-state index in [9.17, 15) is 14.0 Å². The van der Waals surface area contributed by atoms with Gasteiger partial charge in [-0.05, 0) is 36.8 Å². The van der Waals surface area contributed by atoms with Crippen LogP contribution < -0.4 is 15.7 Å². The summed E-state index contributed by atoms with van der Waals surface area (Å²) in [6, 6.07) is 11.2. The number of amides is 1. The minimum absolute atomic E-state index is 0.0374. The van der Waals surface area contributed by atoms with Gasteiger partial charge in [0.2, 0.25) is 0 Å². The summed E-state index contributed by atoms with van der Waals surface area (Å²) in [5, 5.41) is 2.77. The Labute approximate surface area is 149 Å². The van der Waals surface area contributed by atoms with E-state index in [2.05, 4.69) is 5.32 Å². The number of para-hydroxylation sites is 1. The maximum Gasteiger partial charge on any atom is 0.328 e. The van der Waals surface area contributed by atoms with Gasteiger partial charge in [0.25, 0.3) is 5.91 Å². The number of hydrogen-bond donors (Lipinski definition) is 1. The molecule has 0 fully saturated rings. The first kappa shape index (κ1) is 17.7. The zero-order valence-electron chi connectivity index (χ0n) is 14.8. The summed E-state index contributed by atoms with van der Waals surface area (Å²) in [5.41, 5.74) is 1.88. The highest BCUT2D eigenvalue weighted by atomic mass is 19.1. The second-order valence-corrected chi connectivity index (χ2v) is 6.04. The summed E-state index contributed by atoms with van der Waals surface area (Å²) in [4.78, 5) is 24.5. The lowest BCUT2D eigenvalue weighted by Gasteiger charge is -2.17. The molecule has 2 aromatic carbocycles. The maximum atomic E-state index is 13.7. The second-order valence-electron chi connectivity index (χ2n) is 6.04. The number of imidazole rings is 1. The molecule has 1 unspecified atom stereocenters. The molecular formula is C19H20FN3O3. The van der Waals surface area contributed by atoms with Crippen LogP contribution in [0.3, 0.4) is 0 Å². The molecule has 0 aliphatic rings. The van der Waals surface area contributed by atoms with Gasteiger partial charge in [0.1, 0.15) is 0 Å². The number of ether oxygens (including phenoxy) is 1. The van der Waals surface area contributed by atoms with Gasteiger partial charge in [-0.1, -0.05) is 19.1 Å². The van der Waals surface area contributed by atoms with Crippen molar-refractivity contribution < 1.29 is 13.9 Å². The van der Waals surface area contributed by atoms with Crippen LogP contribution in [0, 0.1) is 5.82 Å². The van der Waals surface area contributed by atoms with Crippen molar-refractivity contribution in [1.82, 2.24) is 9.13 Å². The summed E-state index contributed by atoms with van der Waals surface area (Å²) >= 11 is 0. The van der Waals surface area contributed by atoms with Gasteiger partial charge in [0.15, 0.2) is 17.7 Å². The Hall–Kier alpha value is -3.09. The molecule has 1 aromatic heterocycles. The normalized spacial score (nSPS) is 12.2. The molecule has 0 spiro atoms. The molecule has 0 radical (unpaired) electrons. The molecule has 0 aliphatic heterocycles. The third-order valence-corrected chi connectivity index (χ3v) is 4.31. The number of rotatable bonds is 5. The van der Waals surface area contributed by atoms with Crippen molar-refractivity contribution in [2.75, 3.05) is 5.32 Å². The van der Waals surface area contributed by atoms with Crippen LogP contribution in [0.5, 0.6) is 5.75 Å². The molecule has 1 atom stereocenters. The lowest BCUT2D eigenvalue weighted by Crippen LogP contribution is -2.32. The molecule has 7 heteroatoms. The van der Waals surface area contributed by atoms with Crippen LogP contribution in [0.4, 0.5) is 10.1 Å². The van der Waals surface area contributed by atoms with Crippen LogP contribution >= 0.6 is 0 Å². The van der Waals surface area contributed by atoms with Crippen LogP contribution in [-0.4, -0.2) is 21.1 Å². The van der Waals surface area contributed by atoms with E-state index in [0.717, 1.165) is 5.52 Å². The number of aromatic nitrogens is 2. The number of hydrogen-bond acceptors (Lipinski definition) is 3. The Balaban J connectivity index is 1.82. The average molecular weight is 357 g/mol. The first-order valence-electron chi connectivity index (χ1n) is 8.30. The van der Waals surface area contributed by atoms with Gasteiger partial charge in [-0.2, -0.15) is 0 Å². The highest BCUT2D eigenvalue weighted by Crippen LogP contribution is 2.21. The predicted octanol–water partition coefficient (Wildman–Crippen LogP) is 2.81. The molecule has 6 nitrogen and oxygen atoms in total. The topological polar surface area (TPSA) is 65.3 Å². The molecule has 1 amide bonds. The number of carbonyl (C=O) groups is 1. The van der Waals surface area contributed by atoms with E-state index in [1.165, 1.54) is 21.3 Å². The first-order chi connectivity index (χ1) is 12.4. The van der Waals surface area contributed by atoms with Crippen LogP contribution in [0.1, 0.15) is 13.3 Å². The Morgan fingerprint density at radius 1 is 1.15 bits per heavy atom. The summed E-state index contributed by atoms with van der Waals surface area (Å²) in [6.07, 6.45) is -0.450. The van der Waals surface area contributed by atoms with E-state index in [0.29, 0.717) is 17.6 Å². The van der Waals surface area contributed by atoms with Gasteiger partial charge in [0, 0.05) is 19.8 Å². The molecule has 1 heterocycles. The van der Waals surface area contributed by atoms with Crippen molar-refractivity contribution >= 4 is 22.6 Å². The highest BCUT2D eigenvalue weighted by Gasteiger charge is 2.20. The van der Waals surface area contributed by atoms with Gasteiger partial charge in [-0.25, -0.2) is 9.18 Å². The summed E-state index contributed by atoms with van der Waals surface area (Å²) in [6.45, 7) is 1.79. The third kappa shape index (κ3) is 3.20. The fourth-order valence-corrected chi connectivity index (χ4v) is 2.82. The number of halogens is 1. The molecule has 1 N–H and O–H groups in total. The van der Waals surface area contributed by atoms with Crippen LogP contribution in [0.2, 0.25) is 0 Å². The van der Waals surface area contributed by atoms with Gasteiger partial charge >= 0.3 is 5.69 Å². The lowest BCUT2D eigenvalue weighted by atomic mass is 10.2. The smallest absolute Gasteiger partial charge is 0.328 e. The first-order valence-corrected chi connectivity index (χ1v) is 8.30. The third-order valence-electron chi connectivity index (χ3n) is 4.31. The SMILES string of the molecule is CCC(Oc1ccccc1F)C(=O)Nc1ccc2c(c1)n(C)c(=O)n2C. The number of fused-ring (bicyclic) bond motifs is 1. The zero-order valence-corrected chi connectivity index (χ0v) is 14.8. The van der Waals surface area contributed by atoms with Gasteiger partial charge in [-0.3, -0.25) is 13.9 Å².